The van der Waals surface area contributed by atoms with Gasteiger partial charge >= 0.3 is 0 Å². The van der Waals surface area contributed by atoms with E-state index in [9.17, 15) is 0 Å². The summed E-state index contributed by atoms with van der Waals surface area (Å²) in [6, 6.07) is 93.9. The van der Waals surface area contributed by atoms with Gasteiger partial charge in [-0.1, -0.05) is 168 Å². The monoisotopic (exact) mass is 1370 g/mol. The van der Waals surface area contributed by atoms with Crippen LogP contribution in [-0.2, 0) is 18.3 Å². The first kappa shape index (κ1) is 62.1. The van der Waals surface area contributed by atoms with E-state index in [1.54, 1.807) is 0 Å². The third-order valence-corrected chi connectivity index (χ3v) is 21.1. The zero-order valence-corrected chi connectivity index (χ0v) is 59.2. The molecule has 6 nitrogen and oxygen atoms in total. The van der Waals surface area contributed by atoms with Gasteiger partial charge in [0.15, 0.2) is 0 Å². The van der Waals surface area contributed by atoms with E-state index in [2.05, 4.69) is 358 Å². The lowest BCUT2D eigenvalue weighted by molar-refractivity contribution is 0.488. The molecule has 0 N–H and O–H groups in total. The molecule has 0 unspecified atom stereocenters. The van der Waals surface area contributed by atoms with Gasteiger partial charge < -0.3 is 29.2 Å². The normalized spacial score (nSPS) is 13.1. The van der Waals surface area contributed by atoms with Gasteiger partial charge in [0.05, 0.1) is 11.4 Å². The maximum absolute atomic E-state index is 7.99. The van der Waals surface area contributed by atoms with E-state index in [0.717, 1.165) is 113 Å². The van der Waals surface area contributed by atoms with Crippen LogP contribution in [0.1, 0.15) is 99.2 Å². The van der Waals surface area contributed by atoms with Crippen molar-refractivity contribution in [2.75, 3.05) is 24.5 Å². The largest absolute Gasteiger partial charge is 0.458 e. The zero-order chi connectivity index (χ0) is 66.4. The second-order valence-corrected chi connectivity index (χ2v) is 29.4. The van der Waals surface area contributed by atoms with Gasteiger partial charge in [-0.3, -0.25) is 0 Å². The molecule has 0 aliphatic carbocycles. The summed E-state index contributed by atoms with van der Waals surface area (Å²) < 4.78 is 9.24. The first-order chi connectivity index (χ1) is 47.2. The predicted molar refractivity (Wildman–Crippen MR) is 423 cm³/mol. The number of aryl methyl sites for hydroxylation is 6. The number of para-hydroxylation sites is 5. The van der Waals surface area contributed by atoms with Crippen molar-refractivity contribution in [1.82, 2.24) is 0 Å². The third kappa shape index (κ3) is 11.0. The molecule has 0 fully saturated rings. The molecule has 97 heavy (non-hydrogen) atoms. The lowest BCUT2D eigenvalue weighted by atomic mass is 9.30. The van der Waals surface area contributed by atoms with Gasteiger partial charge in [0.2, 0.25) is 0 Å². The Bertz CT molecular complexity index is 4940. The van der Waals surface area contributed by atoms with Crippen molar-refractivity contribution in [3.8, 4) is 11.5 Å². The number of ether oxygens (including phenoxy) is 1. The van der Waals surface area contributed by atoms with Crippen LogP contribution in [0.5, 0.6) is 11.5 Å². The summed E-state index contributed by atoms with van der Waals surface area (Å²) in [6.07, 6.45) is 6.40. The van der Waals surface area contributed by atoms with Gasteiger partial charge in [-0.15, -0.1) is 0 Å². The fourth-order valence-corrected chi connectivity index (χ4v) is 17.1. The molecule has 4 heterocycles. The van der Waals surface area contributed by atoms with Gasteiger partial charge in [0.25, 0.3) is 13.4 Å². The average Bonchev–Trinajstić information content (AvgIpc) is 0.696. The molecule has 0 spiro atoms. The standard InChI is InChI=1S/C88H80B2IN5O/c1-10-12-29-61-41-57(3)44-69(49-61)95-78-48-60(6)46-75(91)85(78)89-73-55-74-82(56-76(73)94(68-39-27-18-28-40-68)79-51-71(52-80(95)86(79)89)92(64-31-19-14-20-32-64)65-33-21-15-22-34-65)97-83-54-72(93(66-35-23-16-24-36-66)67-37-25-17-26-38-67)53-81-87(83)90(74)84-62(30-13-11-2)42-58(4)47-77(84)96(81)70-45-59(5)43-63(50-70)88(7,8)9/h14-28,31-56H,10-13,29-30H2,1-9H3. The number of hydrogen-bond donors (Lipinski definition) is 0. The second-order valence-electron chi connectivity index (χ2n) is 28.3. The molecule has 4 aliphatic heterocycles. The van der Waals surface area contributed by atoms with Gasteiger partial charge in [-0.05, 0) is 269 Å². The van der Waals surface area contributed by atoms with Crippen LogP contribution < -0.4 is 62.0 Å². The summed E-state index contributed by atoms with van der Waals surface area (Å²) in [4.78, 5) is 12.7. The molecule has 16 rings (SSSR count). The maximum atomic E-state index is 7.99. The van der Waals surface area contributed by atoms with Crippen molar-refractivity contribution < 1.29 is 4.74 Å². The number of anilines is 15. The minimum absolute atomic E-state index is 0.0968. The Labute approximate surface area is 588 Å². The number of fused-ring (bicyclic) bond motifs is 8. The van der Waals surface area contributed by atoms with Crippen molar-refractivity contribution in [3.63, 3.8) is 0 Å². The maximum Gasteiger partial charge on any atom is 0.256 e. The topological polar surface area (TPSA) is 25.4 Å². The number of nitrogens with zero attached hydrogens (tertiary/aromatic N) is 5. The lowest BCUT2D eigenvalue weighted by Gasteiger charge is -2.46. The SMILES string of the molecule is CCCCc1cc(C)cc(N2c3cc(C)cc(I)c3B3c4cc5c(cc4N(c4ccccc4)c4cc(N(c6ccccc6)c6ccccc6)cc2c43)Oc2cc(N(c3ccccc3)c3ccccc3)cc3c2B5c2c(CCCC)cc(C)cc2N3c2cc(C)cc(C(C)(C)C)c2)c1. The molecule has 12 aromatic rings. The van der Waals surface area contributed by atoms with Crippen LogP contribution in [0.25, 0.3) is 0 Å². The fraction of sp³-hybridized carbons (Fsp3) is 0.182. The molecule has 476 valence electrons. The zero-order valence-electron chi connectivity index (χ0n) is 57.1. The molecule has 0 saturated carbocycles. The van der Waals surface area contributed by atoms with Crippen molar-refractivity contribution in [2.45, 2.75) is 106 Å². The van der Waals surface area contributed by atoms with E-state index >= 15 is 0 Å². The number of rotatable bonds is 15. The summed E-state index contributed by atoms with van der Waals surface area (Å²) >= 11 is 2.69. The van der Waals surface area contributed by atoms with Crippen LogP contribution in [0.15, 0.2) is 249 Å². The number of benzene rings is 12. The first-order valence-electron chi connectivity index (χ1n) is 34.8. The fourth-order valence-electron chi connectivity index (χ4n) is 16.0. The van der Waals surface area contributed by atoms with E-state index in [0.29, 0.717) is 0 Å². The second kappa shape index (κ2) is 25.1. The van der Waals surface area contributed by atoms with Gasteiger partial charge in [0, 0.05) is 89.6 Å². The highest BCUT2D eigenvalue weighted by Crippen LogP contribution is 2.52. The van der Waals surface area contributed by atoms with Crippen molar-refractivity contribution in [2.24, 2.45) is 0 Å². The van der Waals surface area contributed by atoms with Crippen molar-refractivity contribution in [3.05, 3.63) is 291 Å². The molecule has 0 amide bonds. The quantitative estimate of drug-likeness (QED) is 0.0750. The molecule has 9 heteroatoms. The summed E-state index contributed by atoms with van der Waals surface area (Å²) in [5.41, 5.74) is 33.3. The van der Waals surface area contributed by atoms with Gasteiger partial charge in [0.1, 0.15) is 11.5 Å². The van der Waals surface area contributed by atoms with E-state index in [1.807, 2.05) is 0 Å². The minimum Gasteiger partial charge on any atom is -0.458 e. The molecular formula is C88H80B2IN5O. The van der Waals surface area contributed by atoms with Crippen LogP contribution in [0.3, 0.4) is 0 Å². The van der Waals surface area contributed by atoms with Crippen molar-refractivity contribution >= 4 is 154 Å². The Morgan fingerprint density at radius 2 is 0.825 bits per heavy atom. The minimum atomic E-state index is -0.190. The van der Waals surface area contributed by atoms with Gasteiger partial charge in [-0.2, -0.15) is 0 Å². The Morgan fingerprint density at radius 1 is 0.371 bits per heavy atom. The summed E-state index contributed by atoms with van der Waals surface area (Å²) in [5, 5.41) is 0. The van der Waals surface area contributed by atoms with Gasteiger partial charge in [-0.25, -0.2) is 0 Å². The Kier molecular flexibility index (Phi) is 16.0. The Balaban J connectivity index is 1.02. The number of unbranched alkanes of at least 4 members (excludes halogenated alkanes) is 2. The molecule has 0 saturated heterocycles. The number of halogens is 1. The predicted octanol–water partition coefficient (Wildman–Crippen LogP) is 20.9. The molecule has 0 bridgehead atoms. The van der Waals surface area contributed by atoms with Crippen LogP contribution in [0, 0.1) is 31.3 Å². The average molecular weight is 1370 g/mol. The molecule has 0 aromatic heterocycles. The van der Waals surface area contributed by atoms with Crippen molar-refractivity contribution in [1.29, 1.82) is 0 Å². The Hall–Kier alpha value is -9.70. The highest BCUT2D eigenvalue weighted by Gasteiger charge is 2.49. The van der Waals surface area contributed by atoms with E-state index in [4.69, 9.17) is 4.74 Å². The van der Waals surface area contributed by atoms with E-state index < -0.39 is 0 Å². The van der Waals surface area contributed by atoms with Crippen LogP contribution in [0.2, 0.25) is 0 Å². The molecule has 12 aromatic carbocycles. The number of hydrogen-bond acceptors (Lipinski definition) is 6. The first-order valence-corrected chi connectivity index (χ1v) is 35.9. The molecule has 4 aliphatic rings. The molecule has 0 radical (unpaired) electrons. The summed E-state index contributed by atoms with van der Waals surface area (Å²) in [6.45, 7) is 20.4. The smallest absolute Gasteiger partial charge is 0.256 e. The summed E-state index contributed by atoms with van der Waals surface area (Å²) in [5.74, 6) is 1.72. The van der Waals surface area contributed by atoms with Crippen LogP contribution >= 0.6 is 22.6 Å². The van der Waals surface area contributed by atoms with Crippen LogP contribution in [-0.4, -0.2) is 13.4 Å². The summed E-state index contributed by atoms with van der Waals surface area (Å²) in [7, 11) is 0. The third-order valence-electron chi connectivity index (χ3n) is 20.2. The lowest BCUT2D eigenvalue weighted by Crippen LogP contribution is -2.65. The van der Waals surface area contributed by atoms with Crippen LogP contribution in [0.4, 0.5) is 85.3 Å². The Morgan fingerprint density at radius 3 is 1.38 bits per heavy atom. The highest BCUT2D eigenvalue weighted by atomic mass is 127. The van der Waals surface area contributed by atoms with E-state index in [-0.39, 0.29) is 18.8 Å². The molecular weight excluding hydrogens is 1290 g/mol. The van der Waals surface area contributed by atoms with E-state index in [1.165, 1.54) is 98.0 Å². The molecule has 0 atom stereocenters. The highest BCUT2D eigenvalue weighted by molar-refractivity contribution is 14.1.